The van der Waals surface area contributed by atoms with E-state index in [1.165, 1.54) is 6.08 Å². The van der Waals surface area contributed by atoms with Gasteiger partial charge < -0.3 is 10.1 Å². The van der Waals surface area contributed by atoms with Crippen molar-refractivity contribution >= 4 is 23.6 Å². The highest BCUT2D eigenvalue weighted by Crippen LogP contribution is 2.17. The normalized spacial score (nSPS) is 10.8. The van der Waals surface area contributed by atoms with Gasteiger partial charge in [-0.2, -0.15) is 0 Å². The Morgan fingerprint density at radius 1 is 1.50 bits per heavy atom. The van der Waals surface area contributed by atoms with Crippen LogP contribution in [0.15, 0.2) is 24.3 Å². The zero-order valence-electron chi connectivity index (χ0n) is 10.7. The van der Waals surface area contributed by atoms with E-state index in [4.69, 9.17) is 16.3 Å². The average Bonchev–Trinajstić information content (AvgIpc) is 2.36. The van der Waals surface area contributed by atoms with Crippen molar-refractivity contribution in [3.05, 3.63) is 40.4 Å². The molecule has 0 aliphatic heterocycles. The summed E-state index contributed by atoms with van der Waals surface area (Å²) >= 11 is 6.00. The number of methoxy groups -OCH3 is 1. The van der Waals surface area contributed by atoms with Crippen molar-refractivity contribution in [1.29, 1.82) is 0 Å². The van der Waals surface area contributed by atoms with E-state index in [-0.39, 0.29) is 5.91 Å². The molecule has 98 valence electrons. The SMILES string of the molecule is COCCCNC(=O)/C=C/c1ccc(C)c(Cl)c1. The molecule has 18 heavy (non-hydrogen) atoms. The molecule has 1 amide bonds. The van der Waals surface area contributed by atoms with Crippen LogP contribution in [0.2, 0.25) is 5.02 Å². The molecule has 1 rings (SSSR count). The van der Waals surface area contributed by atoms with Gasteiger partial charge in [-0.15, -0.1) is 0 Å². The Morgan fingerprint density at radius 2 is 2.28 bits per heavy atom. The van der Waals surface area contributed by atoms with Crippen LogP contribution in [0.1, 0.15) is 17.5 Å². The number of ether oxygens (including phenoxy) is 1. The van der Waals surface area contributed by atoms with Crippen LogP contribution in [0.3, 0.4) is 0 Å². The van der Waals surface area contributed by atoms with E-state index in [1.54, 1.807) is 13.2 Å². The predicted molar refractivity (Wildman–Crippen MR) is 74.7 cm³/mol. The summed E-state index contributed by atoms with van der Waals surface area (Å²) in [6, 6.07) is 5.69. The van der Waals surface area contributed by atoms with E-state index in [0.717, 1.165) is 17.5 Å². The summed E-state index contributed by atoms with van der Waals surface area (Å²) in [5, 5.41) is 3.48. The van der Waals surface area contributed by atoms with Crippen molar-refractivity contribution in [2.45, 2.75) is 13.3 Å². The highest BCUT2D eigenvalue weighted by molar-refractivity contribution is 6.31. The number of benzene rings is 1. The molecule has 0 unspecified atom stereocenters. The van der Waals surface area contributed by atoms with Crippen LogP contribution in [-0.4, -0.2) is 26.2 Å². The van der Waals surface area contributed by atoms with Gasteiger partial charge >= 0.3 is 0 Å². The van der Waals surface area contributed by atoms with Crippen LogP contribution >= 0.6 is 11.6 Å². The zero-order valence-corrected chi connectivity index (χ0v) is 11.5. The lowest BCUT2D eigenvalue weighted by atomic mass is 10.1. The molecule has 1 N–H and O–H groups in total. The first-order valence-electron chi connectivity index (χ1n) is 5.84. The molecule has 1 aromatic carbocycles. The van der Waals surface area contributed by atoms with E-state index in [9.17, 15) is 4.79 Å². The molecular formula is C14H18ClNO2. The molecule has 0 bridgehead atoms. The summed E-state index contributed by atoms with van der Waals surface area (Å²) in [5.41, 5.74) is 1.94. The van der Waals surface area contributed by atoms with Crippen molar-refractivity contribution in [3.63, 3.8) is 0 Å². The second-order valence-corrected chi connectivity index (χ2v) is 4.39. The second-order valence-electron chi connectivity index (χ2n) is 3.98. The van der Waals surface area contributed by atoms with E-state index < -0.39 is 0 Å². The van der Waals surface area contributed by atoms with E-state index >= 15 is 0 Å². The Hall–Kier alpha value is -1.32. The molecule has 0 atom stereocenters. The van der Waals surface area contributed by atoms with Gasteiger partial charge in [0.1, 0.15) is 0 Å². The number of halogens is 1. The summed E-state index contributed by atoms with van der Waals surface area (Å²) < 4.78 is 4.89. The summed E-state index contributed by atoms with van der Waals surface area (Å²) in [6.07, 6.45) is 4.07. The fraction of sp³-hybridized carbons (Fsp3) is 0.357. The van der Waals surface area contributed by atoms with Gasteiger partial charge in [-0.25, -0.2) is 0 Å². The number of amides is 1. The van der Waals surface area contributed by atoms with Crippen LogP contribution in [0.4, 0.5) is 0 Å². The molecule has 0 heterocycles. The molecular weight excluding hydrogens is 250 g/mol. The molecule has 0 radical (unpaired) electrons. The van der Waals surface area contributed by atoms with Gasteiger partial charge in [-0.05, 0) is 36.6 Å². The average molecular weight is 268 g/mol. The van der Waals surface area contributed by atoms with Crippen LogP contribution in [-0.2, 0) is 9.53 Å². The molecule has 4 heteroatoms. The number of rotatable bonds is 6. The maximum Gasteiger partial charge on any atom is 0.244 e. The lowest BCUT2D eigenvalue weighted by molar-refractivity contribution is -0.116. The summed E-state index contributed by atoms with van der Waals surface area (Å²) in [6.45, 7) is 3.21. The van der Waals surface area contributed by atoms with Gasteiger partial charge in [0.25, 0.3) is 0 Å². The standard InChI is InChI=1S/C14H18ClNO2/c1-11-4-5-12(10-13(11)15)6-7-14(17)16-8-3-9-18-2/h4-7,10H,3,8-9H2,1-2H3,(H,16,17)/b7-6+. The molecule has 1 aromatic rings. The minimum absolute atomic E-state index is 0.109. The van der Waals surface area contributed by atoms with Gasteiger partial charge in [0.15, 0.2) is 0 Å². The topological polar surface area (TPSA) is 38.3 Å². The highest BCUT2D eigenvalue weighted by atomic mass is 35.5. The molecule has 3 nitrogen and oxygen atoms in total. The molecule has 0 saturated heterocycles. The van der Waals surface area contributed by atoms with Crippen LogP contribution in [0.25, 0.3) is 6.08 Å². The number of hydrogen-bond acceptors (Lipinski definition) is 2. The number of nitrogens with one attached hydrogen (secondary N) is 1. The molecule has 0 saturated carbocycles. The van der Waals surface area contributed by atoms with Crippen LogP contribution in [0.5, 0.6) is 0 Å². The Kier molecular flexibility index (Phi) is 6.47. The molecule has 0 aliphatic rings. The fourth-order valence-electron chi connectivity index (χ4n) is 1.37. The van der Waals surface area contributed by atoms with E-state index in [1.807, 2.05) is 25.1 Å². The Labute approximate surface area is 113 Å². The first-order valence-corrected chi connectivity index (χ1v) is 6.22. The first-order chi connectivity index (χ1) is 8.63. The number of aryl methyl sites for hydroxylation is 1. The molecule has 0 aromatic heterocycles. The Bertz CT molecular complexity index is 430. The van der Waals surface area contributed by atoms with E-state index in [2.05, 4.69) is 5.32 Å². The summed E-state index contributed by atoms with van der Waals surface area (Å²) in [7, 11) is 1.64. The quantitative estimate of drug-likeness (QED) is 0.636. The Balaban J connectivity index is 2.43. The minimum Gasteiger partial charge on any atom is -0.385 e. The van der Waals surface area contributed by atoms with Crippen molar-refractivity contribution in [2.24, 2.45) is 0 Å². The van der Waals surface area contributed by atoms with Crippen molar-refractivity contribution in [1.82, 2.24) is 5.32 Å². The molecule has 0 fully saturated rings. The van der Waals surface area contributed by atoms with Crippen LogP contribution < -0.4 is 5.32 Å². The smallest absolute Gasteiger partial charge is 0.244 e. The van der Waals surface area contributed by atoms with E-state index in [0.29, 0.717) is 18.2 Å². The van der Waals surface area contributed by atoms with Gasteiger partial charge in [0.05, 0.1) is 0 Å². The lowest BCUT2D eigenvalue weighted by Crippen LogP contribution is -2.22. The third-order valence-electron chi connectivity index (χ3n) is 2.45. The van der Waals surface area contributed by atoms with Crippen molar-refractivity contribution < 1.29 is 9.53 Å². The van der Waals surface area contributed by atoms with Gasteiger partial charge in [0, 0.05) is 31.4 Å². The van der Waals surface area contributed by atoms with Gasteiger partial charge in [-0.3, -0.25) is 4.79 Å². The third-order valence-corrected chi connectivity index (χ3v) is 2.85. The second kappa shape index (κ2) is 7.90. The summed E-state index contributed by atoms with van der Waals surface area (Å²) in [4.78, 5) is 11.5. The summed E-state index contributed by atoms with van der Waals surface area (Å²) in [5.74, 6) is -0.109. The predicted octanol–water partition coefficient (Wildman–Crippen LogP) is 2.81. The lowest BCUT2D eigenvalue weighted by Gasteiger charge is -2.01. The number of carbonyl (C=O) groups excluding carboxylic acids is 1. The number of hydrogen-bond donors (Lipinski definition) is 1. The number of carbonyl (C=O) groups is 1. The largest absolute Gasteiger partial charge is 0.385 e. The maximum atomic E-state index is 11.5. The van der Waals surface area contributed by atoms with Crippen molar-refractivity contribution in [2.75, 3.05) is 20.3 Å². The Morgan fingerprint density at radius 3 is 2.94 bits per heavy atom. The molecule has 0 aliphatic carbocycles. The van der Waals surface area contributed by atoms with Crippen LogP contribution in [0, 0.1) is 6.92 Å². The highest BCUT2D eigenvalue weighted by Gasteiger charge is 1.97. The zero-order chi connectivity index (χ0) is 13.4. The first kappa shape index (κ1) is 14.7. The van der Waals surface area contributed by atoms with Gasteiger partial charge in [0.2, 0.25) is 5.91 Å². The third kappa shape index (κ3) is 5.34. The molecule has 0 spiro atoms. The minimum atomic E-state index is -0.109. The monoisotopic (exact) mass is 267 g/mol. The fourth-order valence-corrected chi connectivity index (χ4v) is 1.56. The maximum absolute atomic E-state index is 11.5. The van der Waals surface area contributed by atoms with Gasteiger partial charge in [-0.1, -0.05) is 23.7 Å². The van der Waals surface area contributed by atoms with Crippen molar-refractivity contribution in [3.8, 4) is 0 Å².